The molecule has 0 fully saturated rings. The van der Waals surface area contributed by atoms with Crippen molar-refractivity contribution in [2.75, 3.05) is 0 Å². The molecule has 2 aromatic rings. The van der Waals surface area contributed by atoms with Crippen molar-refractivity contribution >= 4 is 0 Å². The fourth-order valence-electron chi connectivity index (χ4n) is 1.51. The van der Waals surface area contributed by atoms with E-state index in [4.69, 9.17) is 0 Å². The van der Waals surface area contributed by atoms with Gasteiger partial charge in [0, 0.05) is 11.6 Å². The lowest BCUT2D eigenvalue weighted by molar-refractivity contribution is -0.137. The predicted molar refractivity (Wildman–Crippen MR) is 57.5 cm³/mol. The number of H-pyrrole nitrogens is 1. The van der Waals surface area contributed by atoms with Crippen LogP contribution in [0.5, 0.6) is 0 Å². The van der Waals surface area contributed by atoms with Gasteiger partial charge in [0.25, 0.3) is 0 Å². The maximum absolute atomic E-state index is 13.6. The highest BCUT2D eigenvalue weighted by molar-refractivity contribution is 5.60. The van der Waals surface area contributed by atoms with Gasteiger partial charge in [-0.3, -0.25) is 4.79 Å². The molecule has 0 radical (unpaired) electrons. The van der Waals surface area contributed by atoms with Crippen LogP contribution in [0.25, 0.3) is 11.3 Å². The molecule has 0 amide bonds. The van der Waals surface area contributed by atoms with Crippen LogP contribution in [0.3, 0.4) is 0 Å². The van der Waals surface area contributed by atoms with Crippen LogP contribution in [-0.2, 0) is 6.18 Å². The molecule has 1 N–H and O–H groups in total. The lowest BCUT2D eigenvalue weighted by Crippen LogP contribution is -2.07. The van der Waals surface area contributed by atoms with E-state index in [1.54, 1.807) is 0 Å². The van der Waals surface area contributed by atoms with E-state index in [1.165, 1.54) is 18.2 Å². The Labute approximate surface area is 98.9 Å². The molecule has 1 heterocycles. The molecule has 0 aliphatic carbocycles. The van der Waals surface area contributed by atoms with E-state index in [-0.39, 0.29) is 11.3 Å². The molecule has 0 spiro atoms. The highest BCUT2D eigenvalue weighted by Gasteiger charge is 2.31. The summed E-state index contributed by atoms with van der Waals surface area (Å²) in [5.41, 5.74) is -1.47. The average Bonchev–Trinajstić information content (AvgIpc) is 2.27. The van der Waals surface area contributed by atoms with Gasteiger partial charge in [-0.05, 0) is 24.3 Å². The first kappa shape index (κ1) is 12.3. The Kier molecular flexibility index (Phi) is 2.94. The van der Waals surface area contributed by atoms with Crippen molar-refractivity contribution in [1.82, 2.24) is 4.98 Å². The van der Waals surface area contributed by atoms with Gasteiger partial charge in [0.1, 0.15) is 5.82 Å². The Morgan fingerprint density at radius 2 is 1.78 bits per heavy atom. The molecule has 6 heteroatoms. The Hall–Kier alpha value is -2.11. The third-order valence-corrected chi connectivity index (χ3v) is 2.35. The number of aromatic nitrogens is 1. The van der Waals surface area contributed by atoms with E-state index in [9.17, 15) is 22.4 Å². The molecule has 0 saturated heterocycles. The predicted octanol–water partition coefficient (Wildman–Crippen LogP) is 3.20. The molecule has 0 saturated carbocycles. The molecule has 2 nitrogen and oxygen atoms in total. The van der Waals surface area contributed by atoms with Crippen LogP contribution in [0, 0.1) is 5.82 Å². The number of benzene rings is 1. The van der Waals surface area contributed by atoms with Crippen LogP contribution < -0.4 is 5.56 Å². The number of aromatic amines is 1. The minimum atomic E-state index is -4.59. The van der Waals surface area contributed by atoms with Crippen LogP contribution in [0.2, 0.25) is 0 Å². The third kappa shape index (κ3) is 2.42. The summed E-state index contributed by atoms with van der Waals surface area (Å²) < 4.78 is 50.6. The second-order valence-electron chi connectivity index (χ2n) is 3.62. The first-order chi connectivity index (χ1) is 8.38. The molecule has 0 aliphatic rings. The van der Waals surface area contributed by atoms with E-state index < -0.39 is 23.1 Å². The van der Waals surface area contributed by atoms with Gasteiger partial charge in [-0.1, -0.05) is 6.07 Å². The lowest BCUT2D eigenvalue weighted by atomic mass is 10.1. The minimum Gasteiger partial charge on any atom is -0.322 e. The molecular weight excluding hydrogens is 250 g/mol. The lowest BCUT2D eigenvalue weighted by Gasteiger charge is -2.09. The molecule has 1 aromatic heterocycles. The van der Waals surface area contributed by atoms with Gasteiger partial charge in [0.2, 0.25) is 5.56 Å². The van der Waals surface area contributed by atoms with Gasteiger partial charge >= 0.3 is 6.18 Å². The maximum Gasteiger partial charge on any atom is 0.416 e. The Morgan fingerprint density at radius 3 is 2.33 bits per heavy atom. The summed E-state index contributed by atoms with van der Waals surface area (Å²) in [7, 11) is 0. The van der Waals surface area contributed by atoms with E-state index in [0.29, 0.717) is 6.07 Å². The molecule has 2 rings (SSSR count). The first-order valence-corrected chi connectivity index (χ1v) is 4.94. The summed E-state index contributed by atoms with van der Waals surface area (Å²) >= 11 is 0. The van der Waals surface area contributed by atoms with Gasteiger partial charge in [0.15, 0.2) is 0 Å². The quantitative estimate of drug-likeness (QED) is 0.782. The smallest absolute Gasteiger partial charge is 0.322 e. The van der Waals surface area contributed by atoms with E-state index in [1.807, 2.05) is 0 Å². The van der Waals surface area contributed by atoms with Gasteiger partial charge in [-0.25, -0.2) is 4.39 Å². The van der Waals surface area contributed by atoms with Crippen LogP contribution in [0.15, 0.2) is 41.2 Å². The standard InChI is InChI=1S/C12H7F4NO/c13-9-6-7(12(14,15)16)4-5-8(9)10-2-1-3-11(18)17-10/h1-6H,(H,17,18). The van der Waals surface area contributed by atoms with E-state index in [0.717, 1.165) is 12.1 Å². The fraction of sp³-hybridized carbons (Fsp3) is 0.0833. The molecule has 0 atom stereocenters. The zero-order chi connectivity index (χ0) is 13.3. The Balaban J connectivity index is 2.52. The third-order valence-electron chi connectivity index (χ3n) is 2.35. The molecular formula is C12H7F4NO. The molecule has 18 heavy (non-hydrogen) atoms. The second kappa shape index (κ2) is 4.29. The van der Waals surface area contributed by atoms with Crippen LogP contribution in [-0.4, -0.2) is 4.98 Å². The Morgan fingerprint density at radius 1 is 1.06 bits per heavy atom. The summed E-state index contributed by atoms with van der Waals surface area (Å²) in [5.74, 6) is -1.04. The minimum absolute atomic E-state index is 0.0827. The van der Waals surface area contributed by atoms with E-state index in [2.05, 4.69) is 4.98 Å². The largest absolute Gasteiger partial charge is 0.416 e. The van der Waals surface area contributed by atoms with Crippen molar-refractivity contribution in [2.45, 2.75) is 6.18 Å². The van der Waals surface area contributed by atoms with Crippen LogP contribution in [0.4, 0.5) is 17.6 Å². The molecule has 0 aliphatic heterocycles. The topological polar surface area (TPSA) is 32.9 Å². The normalized spacial score (nSPS) is 11.6. The van der Waals surface area contributed by atoms with Crippen LogP contribution in [0.1, 0.15) is 5.56 Å². The number of nitrogens with one attached hydrogen (secondary N) is 1. The maximum atomic E-state index is 13.6. The van der Waals surface area contributed by atoms with Crippen molar-refractivity contribution in [3.05, 3.63) is 58.1 Å². The number of rotatable bonds is 1. The SMILES string of the molecule is O=c1cccc(-c2ccc(C(F)(F)F)cc2F)[nH]1. The Bertz CT molecular complexity index is 630. The van der Waals surface area contributed by atoms with Crippen molar-refractivity contribution in [3.8, 4) is 11.3 Å². The molecule has 0 unspecified atom stereocenters. The number of halogens is 4. The summed E-state index contributed by atoms with van der Waals surface area (Å²) in [5, 5.41) is 0. The van der Waals surface area contributed by atoms with Gasteiger partial charge in [-0.2, -0.15) is 13.2 Å². The number of alkyl halides is 3. The molecule has 94 valence electrons. The van der Waals surface area contributed by atoms with Gasteiger partial charge in [-0.15, -0.1) is 0 Å². The fourth-order valence-corrected chi connectivity index (χ4v) is 1.51. The van der Waals surface area contributed by atoms with Gasteiger partial charge in [0.05, 0.1) is 11.3 Å². The summed E-state index contributed by atoms with van der Waals surface area (Å²) in [4.78, 5) is 13.4. The summed E-state index contributed by atoms with van der Waals surface area (Å²) in [6, 6.07) is 6.19. The number of hydrogen-bond donors (Lipinski definition) is 1. The van der Waals surface area contributed by atoms with E-state index >= 15 is 0 Å². The second-order valence-corrected chi connectivity index (χ2v) is 3.62. The van der Waals surface area contributed by atoms with Gasteiger partial charge < -0.3 is 4.98 Å². The average molecular weight is 257 g/mol. The number of pyridine rings is 1. The first-order valence-electron chi connectivity index (χ1n) is 4.94. The monoisotopic (exact) mass is 257 g/mol. The van der Waals surface area contributed by atoms with Crippen molar-refractivity contribution in [2.24, 2.45) is 0 Å². The summed E-state index contributed by atoms with van der Waals surface area (Å²) in [6.07, 6.45) is -4.59. The molecule has 0 bridgehead atoms. The zero-order valence-corrected chi connectivity index (χ0v) is 8.88. The van der Waals surface area contributed by atoms with Crippen LogP contribution >= 0.6 is 0 Å². The van der Waals surface area contributed by atoms with Crippen molar-refractivity contribution < 1.29 is 17.6 Å². The van der Waals surface area contributed by atoms with Crippen molar-refractivity contribution in [1.29, 1.82) is 0 Å². The highest BCUT2D eigenvalue weighted by Crippen LogP contribution is 2.32. The van der Waals surface area contributed by atoms with Crippen molar-refractivity contribution in [3.63, 3.8) is 0 Å². The summed E-state index contributed by atoms with van der Waals surface area (Å²) in [6.45, 7) is 0. The number of hydrogen-bond acceptors (Lipinski definition) is 1. The highest BCUT2D eigenvalue weighted by atomic mass is 19.4. The molecule has 1 aromatic carbocycles. The zero-order valence-electron chi connectivity index (χ0n) is 8.88.